The molecule has 1 aromatic carbocycles. The highest BCUT2D eigenvalue weighted by Crippen LogP contribution is 2.31. The molecule has 0 radical (unpaired) electrons. The van der Waals surface area contributed by atoms with E-state index in [-0.39, 0.29) is 0 Å². The molecule has 1 aliphatic rings. The lowest BCUT2D eigenvalue weighted by Crippen LogP contribution is -2.44. The number of methoxy groups -OCH3 is 2. The van der Waals surface area contributed by atoms with Crippen LogP contribution in [0, 0.1) is 0 Å². The molecule has 2 atom stereocenters. The molecular formula is C18H26N4O3. The number of rotatable bonds is 7. The van der Waals surface area contributed by atoms with Gasteiger partial charge in [0.25, 0.3) is 0 Å². The summed E-state index contributed by atoms with van der Waals surface area (Å²) < 4.78 is 12.6. The third-order valence-corrected chi connectivity index (χ3v) is 4.82. The van der Waals surface area contributed by atoms with Gasteiger partial charge in [-0.25, -0.2) is 4.98 Å². The summed E-state index contributed by atoms with van der Waals surface area (Å²) >= 11 is 0. The lowest BCUT2D eigenvalue weighted by molar-refractivity contribution is 0.0578. The minimum absolute atomic E-state index is 0.349. The first-order chi connectivity index (χ1) is 12.2. The van der Waals surface area contributed by atoms with E-state index in [1.54, 1.807) is 26.9 Å². The summed E-state index contributed by atoms with van der Waals surface area (Å²) in [6.07, 6.45) is 6.12. The van der Waals surface area contributed by atoms with Crippen molar-refractivity contribution in [3.63, 3.8) is 0 Å². The molecule has 0 amide bonds. The molecule has 0 aliphatic carbocycles. The maximum absolute atomic E-state index is 10.8. The molecule has 0 unspecified atom stereocenters. The van der Waals surface area contributed by atoms with Crippen LogP contribution in [-0.2, 0) is 6.54 Å². The topological polar surface area (TPSA) is 72.6 Å². The number of aliphatic hydroxyl groups is 1. The average Bonchev–Trinajstić information content (AvgIpc) is 3.15. The van der Waals surface area contributed by atoms with Crippen LogP contribution >= 0.6 is 0 Å². The smallest absolute Gasteiger partial charge is 0.137 e. The van der Waals surface area contributed by atoms with Gasteiger partial charge >= 0.3 is 0 Å². The van der Waals surface area contributed by atoms with Crippen molar-refractivity contribution in [3.8, 4) is 11.5 Å². The first-order valence-electron chi connectivity index (χ1n) is 8.67. The summed E-state index contributed by atoms with van der Waals surface area (Å²) in [5.74, 6) is 1.39. The molecule has 1 N–H and O–H groups in total. The van der Waals surface area contributed by atoms with Crippen molar-refractivity contribution in [2.75, 3.05) is 27.3 Å². The standard InChI is InChI=1S/C18H26N4O3/c1-24-15-6-7-18(25-2)16(9-15)17(23)11-21-8-4-3-5-14(21)10-22-13-19-12-20-22/h6-7,9,12-14,17,23H,3-5,8,10-11H2,1-2H3/t14-,17-/m0/s1. The van der Waals surface area contributed by atoms with Gasteiger partial charge in [0.1, 0.15) is 24.2 Å². The van der Waals surface area contributed by atoms with Crippen LogP contribution in [0.15, 0.2) is 30.9 Å². The first kappa shape index (κ1) is 17.7. The van der Waals surface area contributed by atoms with E-state index in [0.717, 1.165) is 31.5 Å². The Bertz CT molecular complexity index is 662. The molecular weight excluding hydrogens is 320 g/mol. The Morgan fingerprint density at radius 2 is 2.16 bits per heavy atom. The summed E-state index contributed by atoms with van der Waals surface area (Å²) in [6.45, 7) is 2.33. The van der Waals surface area contributed by atoms with Crippen LogP contribution in [-0.4, -0.2) is 58.1 Å². The van der Waals surface area contributed by atoms with Crippen LogP contribution in [0.5, 0.6) is 11.5 Å². The zero-order chi connectivity index (χ0) is 17.6. The summed E-state index contributed by atoms with van der Waals surface area (Å²) in [5, 5.41) is 15.0. The third-order valence-electron chi connectivity index (χ3n) is 4.82. The van der Waals surface area contributed by atoms with Crippen molar-refractivity contribution < 1.29 is 14.6 Å². The maximum Gasteiger partial charge on any atom is 0.137 e. The van der Waals surface area contributed by atoms with E-state index < -0.39 is 6.10 Å². The fourth-order valence-corrected chi connectivity index (χ4v) is 3.47. The average molecular weight is 346 g/mol. The Balaban J connectivity index is 1.72. The Kier molecular flexibility index (Phi) is 5.88. The van der Waals surface area contributed by atoms with E-state index in [9.17, 15) is 5.11 Å². The Hall–Kier alpha value is -2.12. The van der Waals surface area contributed by atoms with E-state index in [1.807, 2.05) is 22.9 Å². The van der Waals surface area contributed by atoms with E-state index >= 15 is 0 Å². The van der Waals surface area contributed by atoms with Gasteiger partial charge in [-0.15, -0.1) is 0 Å². The normalized spacial score (nSPS) is 19.6. The highest BCUT2D eigenvalue weighted by Gasteiger charge is 2.26. The molecule has 7 heteroatoms. The van der Waals surface area contributed by atoms with E-state index in [0.29, 0.717) is 24.1 Å². The highest BCUT2D eigenvalue weighted by molar-refractivity contribution is 5.41. The van der Waals surface area contributed by atoms with Gasteiger partial charge in [0.05, 0.1) is 26.9 Å². The number of aliphatic hydroxyl groups excluding tert-OH is 1. The molecule has 3 rings (SSSR count). The lowest BCUT2D eigenvalue weighted by atomic mass is 10.00. The van der Waals surface area contributed by atoms with Gasteiger partial charge in [-0.05, 0) is 37.6 Å². The van der Waals surface area contributed by atoms with Gasteiger partial charge in [0.2, 0.25) is 0 Å². The second kappa shape index (κ2) is 8.31. The molecule has 0 saturated carbocycles. The molecule has 1 fully saturated rings. The fourth-order valence-electron chi connectivity index (χ4n) is 3.47. The van der Waals surface area contributed by atoms with Gasteiger partial charge in [0.15, 0.2) is 0 Å². The van der Waals surface area contributed by atoms with Gasteiger partial charge in [0, 0.05) is 18.2 Å². The van der Waals surface area contributed by atoms with E-state index in [1.165, 1.54) is 6.42 Å². The second-order valence-electron chi connectivity index (χ2n) is 6.39. The third kappa shape index (κ3) is 4.29. The zero-order valence-corrected chi connectivity index (χ0v) is 14.8. The van der Waals surface area contributed by atoms with Crippen molar-refractivity contribution in [3.05, 3.63) is 36.4 Å². The van der Waals surface area contributed by atoms with Crippen molar-refractivity contribution in [1.82, 2.24) is 19.7 Å². The number of likely N-dealkylation sites (tertiary alicyclic amines) is 1. The molecule has 2 heterocycles. The van der Waals surface area contributed by atoms with Crippen molar-refractivity contribution in [2.45, 2.75) is 38.0 Å². The number of hydrogen-bond donors (Lipinski definition) is 1. The molecule has 0 spiro atoms. The van der Waals surface area contributed by atoms with Crippen LogP contribution in [0.1, 0.15) is 30.9 Å². The number of aromatic nitrogens is 3. The number of hydrogen-bond acceptors (Lipinski definition) is 6. The predicted octanol–water partition coefficient (Wildman–Crippen LogP) is 1.88. The van der Waals surface area contributed by atoms with Crippen LogP contribution in [0.3, 0.4) is 0 Å². The fraction of sp³-hybridized carbons (Fsp3) is 0.556. The van der Waals surface area contributed by atoms with Gasteiger partial charge in [-0.3, -0.25) is 9.58 Å². The number of piperidine rings is 1. The monoisotopic (exact) mass is 346 g/mol. The van der Waals surface area contributed by atoms with Crippen LogP contribution in [0.2, 0.25) is 0 Å². The predicted molar refractivity (Wildman–Crippen MR) is 93.7 cm³/mol. The van der Waals surface area contributed by atoms with Crippen LogP contribution in [0.4, 0.5) is 0 Å². The summed E-state index contributed by atoms with van der Waals surface area (Å²) in [4.78, 5) is 6.36. The van der Waals surface area contributed by atoms with Crippen molar-refractivity contribution >= 4 is 0 Å². The molecule has 1 aliphatic heterocycles. The molecule has 1 aromatic heterocycles. The molecule has 1 saturated heterocycles. The molecule has 0 bridgehead atoms. The van der Waals surface area contributed by atoms with Crippen LogP contribution in [0.25, 0.3) is 0 Å². The minimum Gasteiger partial charge on any atom is -0.497 e. The largest absolute Gasteiger partial charge is 0.497 e. The molecule has 7 nitrogen and oxygen atoms in total. The van der Waals surface area contributed by atoms with Gasteiger partial charge < -0.3 is 14.6 Å². The maximum atomic E-state index is 10.8. The minimum atomic E-state index is -0.638. The van der Waals surface area contributed by atoms with Crippen molar-refractivity contribution in [1.29, 1.82) is 0 Å². The Morgan fingerprint density at radius 3 is 2.88 bits per heavy atom. The lowest BCUT2D eigenvalue weighted by Gasteiger charge is -2.37. The van der Waals surface area contributed by atoms with Gasteiger partial charge in [-0.1, -0.05) is 6.42 Å². The second-order valence-corrected chi connectivity index (χ2v) is 6.39. The number of ether oxygens (including phenoxy) is 2. The van der Waals surface area contributed by atoms with Gasteiger partial charge in [-0.2, -0.15) is 5.10 Å². The Morgan fingerprint density at radius 1 is 1.28 bits per heavy atom. The van der Waals surface area contributed by atoms with Crippen molar-refractivity contribution in [2.24, 2.45) is 0 Å². The highest BCUT2D eigenvalue weighted by atomic mass is 16.5. The summed E-state index contributed by atoms with van der Waals surface area (Å²) in [7, 11) is 3.24. The molecule has 2 aromatic rings. The Labute approximate surface area is 148 Å². The van der Waals surface area contributed by atoms with E-state index in [2.05, 4.69) is 15.0 Å². The zero-order valence-electron chi connectivity index (χ0n) is 14.8. The summed E-state index contributed by atoms with van der Waals surface area (Å²) in [5.41, 5.74) is 0.756. The molecule has 25 heavy (non-hydrogen) atoms. The number of β-amino-alcohol motifs (C(OH)–C–C–N with tert-alkyl or cyclic N) is 1. The summed E-state index contributed by atoms with van der Waals surface area (Å²) in [6, 6.07) is 5.87. The number of benzene rings is 1. The quantitative estimate of drug-likeness (QED) is 0.825. The number of nitrogens with zero attached hydrogens (tertiary/aromatic N) is 4. The van der Waals surface area contributed by atoms with Crippen LogP contribution < -0.4 is 9.47 Å². The SMILES string of the molecule is COc1ccc(OC)c([C@@H](O)CN2CCCC[C@H]2Cn2cncn2)c1. The molecule has 136 valence electrons. The van der Waals surface area contributed by atoms with E-state index in [4.69, 9.17) is 9.47 Å². The first-order valence-corrected chi connectivity index (χ1v) is 8.67.